The molecule has 2 N–H and O–H groups in total. The normalized spacial score (nSPS) is 12.3. The third-order valence-corrected chi connectivity index (χ3v) is 4.87. The highest BCUT2D eigenvalue weighted by atomic mass is 32.2. The summed E-state index contributed by atoms with van der Waals surface area (Å²) >= 11 is 0. The van der Waals surface area contributed by atoms with Gasteiger partial charge in [-0.15, -0.1) is 0 Å². The van der Waals surface area contributed by atoms with Crippen LogP contribution in [-0.4, -0.2) is 24.5 Å². The number of nitrogens with two attached hydrogens (primary N) is 1. The van der Waals surface area contributed by atoms with Gasteiger partial charge in [0.25, 0.3) is 0 Å². The maximum absolute atomic E-state index is 12.2. The zero-order valence-corrected chi connectivity index (χ0v) is 12.1. The minimum absolute atomic E-state index is 0.0528. The van der Waals surface area contributed by atoms with Crippen molar-refractivity contribution in [1.29, 1.82) is 0 Å². The van der Waals surface area contributed by atoms with Crippen LogP contribution in [0.4, 0.5) is 5.69 Å². The predicted molar refractivity (Wildman–Crippen MR) is 75.6 cm³/mol. The molecule has 0 atom stereocenters. The van der Waals surface area contributed by atoms with Crippen molar-refractivity contribution < 1.29 is 8.42 Å². The lowest BCUT2D eigenvalue weighted by Crippen LogP contribution is -2.37. The fraction of sp³-hybridized carbons (Fsp3) is 0.538. The monoisotopic (exact) mass is 270 g/mol. The van der Waals surface area contributed by atoms with Crippen molar-refractivity contribution >= 4 is 15.7 Å². The highest BCUT2D eigenvalue weighted by Crippen LogP contribution is 2.16. The van der Waals surface area contributed by atoms with Gasteiger partial charge in [-0.1, -0.05) is 19.1 Å². The van der Waals surface area contributed by atoms with Crippen molar-refractivity contribution in [2.45, 2.75) is 39.8 Å². The molecule has 1 aromatic rings. The second-order valence-electron chi connectivity index (χ2n) is 4.70. The zero-order chi connectivity index (χ0) is 13.8. The van der Waals surface area contributed by atoms with Gasteiger partial charge in [0.05, 0.1) is 5.75 Å². The van der Waals surface area contributed by atoms with E-state index in [0.717, 1.165) is 5.56 Å². The summed E-state index contributed by atoms with van der Waals surface area (Å²) in [6.07, 6.45) is 0.627. The zero-order valence-electron chi connectivity index (χ0n) is 11.3. The molecular formula is C13H22N2O2S. The first-order valence-corrected chi connectivity index (χ1v) is 7.81. The van der Waals surface area contributed by atoms with E-state index in [4.69, 9.17) is 5.73 Å². The van der Waals surface area contributed by atoms with Gasteiger partial charge in [-0.05, 0) is 38.0 Å². The van der Waals surface area contributed by atoms with E-state index in [0.29, 0.717) is 18.7 Å². The SMILES string of the molecule is CCCS(=O)(=O)N(Cc1cccc(N)c1)C(C)C. The minimum atomic E-state index is -3.19. The van der Waals surface area contributed by atoms with E-state index >= 15 is 0 Å². The summed E-state index contributed by atoms with van der Waals surface area (Å²) in [7, 11) is -3.19. The summed E-state index contributed by atoms with van der Waals surface area (Å²) in [5.74, 6) is 0.188. The van der Waals surface area contributed by atoms with E-state index in [2.05, 4.69) is 0 Å². The Hall–Kier alpha value is -1.07. The number of rotatable bonds is 6. The molecule has 18 heavy (non-hydrogen) atoms. The molecule has 0 aromatic heterocycles. The summed E-state index contributed by atoms with van der Waals surface area (Å²) in [6.45, 7) is 6.03. The topological polar surface area (TPSA) is 63.4 Å². The molecule has 0 amide bonds. The first-order chi connectivity index (χ1) is 8.36. The summed E-state index contributed by atoms with van der Waals surface area (Å²) < 4.78 is 25.8. The van der Waals surface area contributed by atoms with Gasteiger partial charge in [-0.3, -0.25) is 0 Å². The first kappa shape index (κ1) is 15.0. The molecule has 4 nitrogen and oxygen atoms in total. The number of nitrogen functional groups attached to an aromatic ring is 1. The molecule has 0 saturated heterocycles. The van der Waals surface area contributed by atoms with Crippen molar-refractivity contribution in [2.75, 3.05) is 11.5 Å². The van der Waals surface area contributed by atoms with Gasteiger partial charge >= 0.3 is 0 Å². The van der Waals surface area contributed by atoms with Gasteiger partial charge in [-0.2, -0.15) is 4.31 Å². The summed E-state index contributed by atoms with van der Waals surface area (Å²) in [5.41, 5.74) is 7.29. The molecular weight excluding hydrogens is 248 g/mol. The quantitative estimate of drug-likeness (QED) is 0.806. The van der Waals surface area contributed by atoms with Crippen LogP contribution < -0.4 is 5.73 Å². The first-order valence-electron chi connectivity index (χ1n) is 6.20. The average Bonchev–Trinajstić information content (AvgIpc) is 2.25. The molecule has 1 aromatic carbocycles. The number of sulfonamides is 1. The molecule has 0 spiro atoms. The standard InChI is InChI=1S/C13H22N2O2S/c1-4-8-18(16,17)15(11(2)3)10-12-6-5-7-13(14)9-12/h5-7,9,11H,4,8,10,14H2,1-3H3. The van der Waals surface area contributed by atoms with Gasteiger partial charge in [0.1, 0.15) is 0 Å². The van der Waals surface area contributed by atoms with Crippen LogP contribution in [0, 0.1) is 0 Å². The van der Waals surface area contributed by atoms with Crippen molar-refractivity contribution in [3.63, 3.8) is 0 Å². The number of hydrogen-bond acceptors (Lipinski definition) is 3. The third kappa shape index (κ3) is 3.99. The number of hydrogen-bond donors (Lipinski definition) is 1. The van der Waals surface area contributed by atoms with Gasteiger partial charge in [0.15, 0.2) is 0 Å². The summed E-state index contributed by atoms with van der Waals surface area (Å²) in [4.78, 5) is 0. The van der Waals surface area contributed by atoms with Gasteiger partial charge in [-0.25, -0.2) is 8.42 Å². The van der Waals surface area contributed by atoms with Crippen LogP contribution >= 0.6 is 0 Å². The lowest BCUT2D eigenvalue weighted by molar-refractivity contribution is 0.348. The van der Waals surface area contributed by atoms with Crippen LogP contribution in [0.5, 0.6) is 0 Å². The Morgan fingerprint density at radius 1 is 1.33 bits per heavy atom. The summed E-state index contributed by atoms with van der Waals surface area (Å²) in [5, 5.41) is 0. The maximum Gasteiger partial charge on any atom is 0.214 e. The average molecular weight is 270 g/mol. The Morgan fingerprint density at radius 3 is 2.50 bits per heavy atom. The van der Waals surface area contributed by atoms with E-state index in [1.54, 1.807) is 6.07 Å². The smallest absolute Gasteiger partial charge is 0.214 e. The van der Waals surface area contributed by atoms with Gasteiger partial charge < -0.3 is 5.73 Å². The molecule has 0 aliphatic carbocycles. The van der Waals surface area contributed by atoms with Crippen LogP contribution in [-0.2, 0) is 16.6 Å². The Kier molecular flexibility index (Phi) is 5.16. The van der Waals surface area contributed by atoms with Crippen LogP contribution in [0.15, 0.2) is 24.3 Å². The lowest BCUT2D eigenvalue weighted by atomic mass is 10.2. The summed E-state index contributed by atoms with van der Waals surface area (Å²) in [6, 6.07) is 7.30. The maximum atomic E-state index is 12.2. The molecule has 0 unspecified atom stereocenters. The van der Waals surface area contributed by atoms with Crippen molar-refractivity contribution in [3.05, 3.63) is 29.8 Å². The van der Waals surface area contributed by atoms with Crippen LogP contribution in [0.25, 0.3) is 0 Å². The molecule has 1 rings (SSSR count). The Labute approximate surface area is 110 Å². The number of anilines is 1. The second kappa shape index (κ2) is 6.20. The van der Waals surface area contributed by atoms with Gasteiger partial charge in [0, 0.05) is 18.3 Å². The van der Waals surface area contributed by atoms with E-state index in [9.17, 15) is 8.42 Å². The minimum Gasteiger partial charge on any atom is -0.399 e. The second-order valence-corrected chi connectivity index (χ2v) is 6.74. The third-order valence-electron chi connectivity index (χ3n) is 2.68. The number of benzene rings is 1. The molecule has 5 heteroatoms. The fourth-order valence-corrected chi connectivity index (χ4v) is 3.59. The Morgan fingerprint density at radius 2 is 2.00 bits per heavy atom. The van der Waals surface area contributed by atoms with E-state index < -0.39 is 10.0 Å². The molecule has 0 fully saturated rings. The van der Waals surface area contributed by atoms with Crippen LogP contribution in [0.2, 0.25) is 0 Å². The molecule has 0 heterocycles. The largest absolute Gasteiger partial charge is 0.399 e. The predicted octanol–water partition coefficient (Wildman–Crippen LogP) is 2.22. The van der Waals surface area contributed by atoms with Gasteiger partial charge in [0.2, 0.25) is 10.0 Å². The molecule has 0 saturated carbocycles. The Bertz CT molecular complexity index is 484. The molecule has 0 radical (unpaired) electrons. The lowest BCUT2D eigenvalue weighted by Gasteiger charge is -2.26. The molecule has 0 aliphatic heterocycles. The fourth-order valence-electron chi connectivity index (χ4n) is 1.85. The van der Waals surface area contributed by atoms with Crippen LogP contribution in [0.1, 0.15) is 32.8 Å². The van der Waals surface area contributed by atoms with Crippen molar-refractivity contribution in [3.8, 4) is 0 Å². The highest BCUT2D eigenvalue weighted by molar-refractivity contribution is 7.89. The highest BCUT2D eigenvalue weighted by Gasteiger charge is 2.24. The van der Waals surface area contributed by atoms with Crippen LogP contribution in [0.3, 0.4) is 0 Å². The number of nitrogens with zero attached hydrogens (tertiary/aromatic N) is 1. The van der Waals surface area contributed by atoms with E-state index in [-0.39, 0.29) is 11.8 Å². The molecule has 0 bridgehead atoms. The van der Waals surface area contributed by atoms with E-state index in [1.165, 1.54) is 4.31 Å². The molecule has 102 valence electrons. The van der Waals surface area contributed by atoms with E-state index in [1.807, 2.05) is 39.0 Å². The Balaban J connectivity index is 2.95. The molecule has 0 aliphatic rings. The van der Waals surface area contributed by atoms with Crippen molar-refractivity contribution in [2.24, 2.45) is 0 Å². The van der Waals surface area contributed by atoms with Crippen molar-refractivity contribution in [1.82, 2.24) is 4.31 Å².